The molecule has 2 rings (SSSR count). The number of rotatable bonds is 3. The predicted octanol–water partition coefficient (Wildman–Crippen LogP) is 3.17. The van der Waals surface area contributed by atoms with E-state index in [1.54, 1.807) is 18.5 Å². The van der Waals surface area contributed by atoms with Crippen molar-refractivity contribution in [1.29, 1.82) is 0 Å². The van der Waals surface area contributed by atoms with Crippen molar-refractivity contribution < 1.29 is 4.39 Å². The second-order valence-electron chi connectivity index (χ2n) is 3.98. The van der Waals surface area contributed by atoms with E-state index in [1.807, 2.05) is 32.2 Å². The van der Waals surface area contributed by atoms with E-state index in [9.17, 15) is 4.39 Å². The van der Waals surface area contributed by atoms with E-state index in [-0.39, 0.29) is 11.9 Å². The predicted molar refractivity (Wildman–Crippen MR) is 67.1 cm³/mol. The van der Waals surface area contributed by atoms with Crippen LogP contribution < -0.4 is 5.32 Å². The summed E-state index contributed by atoms with van der Waals surface area (Å²) in [6.45, 7) is 2.05. The zero-order valence-electron chi connectivity index (χ0n) is 9.94. The Morgan fingerprint density at radius 2 is 2.12 bits per heavy atom. The zero-order chi connectivity index (χ0) is 12.3. The highest BCUT2D eigenvalue weighted by molar-refractivity contribution is 5.67. The van der Waals surface area contributed by atoms with Gasteiger partial charge in [-0.05, 0) is 43.3 Å². The summed E-state index contributed by atoms with van der Waals surface area (Å²) in [5.41, 5.74) is 2.89. The standard InChI is InChI=1S/C14H15FN2/c1-10(16-2)13-6-5-12(15)8-14(13)11-4-3-7-17-9-11/h3-10,16H,1-2H3. The van der Waals surface area contributed by atoms with E-state index in [0.717, 1.165) is 16.7 Å². The lowest BCUT2D eigenvalue weighted by molar-refractivity contribution is 0.620. The minimum Gasteiger partial charge on any atom is -0.313 e. The van der Waals surface area contributed by atoms with Gasteiger partial charge in [0.15, 0.2) is 0 Å². The molecule has 17 heavy (non-hydrogen) atoms. The summed E-state index contributed by atoms with van der Waals surface area (Å²) in [7, 11) is 1.89. The molecule has 0 aliphatic carbocycles. The maximum Gasteiger partial charge on any atom is 0.123 e. The Balaban J connectivity index is 2.55. The first kappa shape index (κ1) is 11.7. The van der Waals surface area contributed by atoms with Gasteiger partial charge in [-0.15, -0.1) is 0 Å². The third-order valence-electron chi connectivity index (χ3n) is 2.89. The van der Waals surface area contributed by atoms with E-state index in [2.05, 4.69) is 10.3 Å². The maximum absolute atomic E-state index is 13.4. The Morgan fingerprint density at radius 3 is 2.76 bits per heavy atom. The SMILES string of the molecule is CNC(C)c1ccc(F)cc1-c1cccnc1. The van der Waals surface area contributed by atoms with Crippen LogP contribution in [0.3, 0.4) is 0 Å². The topological polar surface area (TPSA) is 24.9 Å². The van der Waals surface area contributed by atoms with Gasteiger partial charge < -0.3 is 5.32 Å². The summed E-state index contributed by atoms with van der Waals surface area (Å²) in [5, 5.41) is 3.17. The number of benzene rings is 1. The molecule has 0 fully saturated rings. The summed E-state index contributed by atoms with van der Waals surface area (Å²) in [4.78, 5) is 4.07. The summed E-state index contributed by atoms with van der Waals surface area (Å²) in [6, 6.07) is 8.83. The van der Waals surface area contributed by atoms with Crippen LogP contribution in [0.25, 0.3) is 11.1 Å². The van der Waals surface area contributed by atoms with Gasteiger partial charge in [-0.2, -0.15) is 0 Å². The number of pyridine rings is 1. The second-order valence-corrected chi connectivity index (χ2v) is 3.98. The fourth-order valence-corrected chi connectivity index (χ4v) is 1.83. The number of hydrogen-bond donors (Lipinski definition) is 1. The third-order valence-corrected chi connectivity index (χ3v) is 2.89. The van der Waals surface area contributed by atoms with E-state index >= 15 is 0 Å². The van der Waals surface area contributed by atoms with Crippen LogP contribution in [0.1, 0.15) is 18.5 Å². The Bertz CT molecular complexity index is 497. The van der Waals surface area contributed by atoms with Crippen molar-refractivity contribution in [3.63, 3.8) is 0 Å². The van der Waals surface area contributed by atoms with Gasteiger partial charge in [-0.25, -0.2) is 4.39 Å². The van der Waals surface area contributed by atoms with E-state index in [0.29, 0.717) is 0 Å². The van der Waals surface area contributed by atoms with Crippen LogP contribution in [0, 0.1) is 5.82 Å². The molecule has 2 aromatic rings. The first-order chi connectivity index (χ1) is 8.22. The molecule has 0 bridgehead atoms. The number of nitrogens with zero attached hydrogens (tertiary/aromatic N) is 1. The normalized spacial score (nSPS) is 12.4. The summed E-state index contributed by atoms with van der Waals surface area (Å²) >= 11 is 0. The van der Waals surface area contributed by atoms with Gasteiger partial charge >= 0.3 is 0 Å². The fraction of sp³-hybridized carbons (Fsp3) is 0.214. The zero-order valence-corrected chi connectivity index (χ0v) is 9.94. The maximum atomic E-state index is 13.4. The van der Waals surface area contributed by atoms with Crippen LogP contribution >= 0.6 is 0 Å². The molecule has 1 aromatic heterocycles. The molecular formula is C14H15FN2. The van der Waals surface area contributed by atoms with Crippen molar-refractivity contribution in [2.24, 2.45) is 0 Å². The van der Waals surface area contributed by atoms with E-state index in [1.165, 1.54) is 6.07 Å². The van der Waals surface area contributed by atoms with Crippen molar-refractivity contribution in [2.75, 3.05) is 7.05 Å². The Morgan fingerprint density at radius 1 is 1.29 bits per heavy atom. The molecule has 88 valence electrons. The van der Waals surface area contributed by atoms with Gasteiger partial charge in [0.25, 0.3) is 0 Å². The molecule has 1 N–H and O–H groups in total. The van der Waals surface area contributed by atoms with Gasteiger partial charge in [0, 0.05) is 24.0 Å². The highest BCUT2D eigenvalue weighted by Crippen LogP contribution is 2.28. The molecule has 0 saturated heterocycles. The Labute approximate surface area is 101 Å². The lowest BCUT2D eigenvalue weighted by Crippen LogP contribution is -2.13. The highest BCUT2D eigenvalue weighted by Gasteiger charge is 2.11. The summed E-state index contributed by atoms with van der Waals surface area (Å²) in [5.74, 6) is -0.226. The van der Waals surface area contributed by atoms with Gasteiger partial charge in [-0.3, -0.25) is 4.98 Å². The molecule has 0 aliphatic rings. The smallest absolute Gasteiger partial charge is 0.123 e. The third kappa shape index (κ3) is 2.50. The minimum atomic E-state index is -0.226. The molecule has 3 heteroatoms. The van der Waals surface area contributed by atoms with Gasteiger partial charge in [0.1, 0.15) is 5.82 Å². The van der Waals surface area contributed by atoms with Crippen LogP contribution in [-0.4, -0.2) is 12.0 Å². The minimum absolute atomic E-state index is 0.172. The van der Waals surface area contributed by atoms with Crippen molar-refractivity contribution in [3.8, 4) is 11.1 Å². The molecule has 1 atom stereocenters. The summed E-state index contributed by atoms with van der Waals surface area (Å²) in [6.07, 6.45) is 3.46. The van der Waals surface area contributed by atoms with Gasteiger partial charge in [-0.1, -0.05) is 12.1 Å². The molecule has 0 saturated carbocycles. The van der Waals surface area contributed by atoms with Crippen LogP contribution in [0.15, 0.2) is 42.7 Å². The average molecular weight is 230 g/mol. The van der Waals surface area contributed by atoms with Crippen molar-refractivity contribution >= 4 is 0 Å². The Kier molecular flexibility index (Phi) is 3.49. The lowest BCUT2D eigenvalue weighted by atomic mass is 9.96. The molecule has 1 aromatic carbocycles. The molecule has 2 nitrogen and oxygen atoms in total. The molecule has 0 spiro atoms. The monoisotopic (exact) mass is 230 g/mol. The number of halogens is 1. The van der Waals surface area contributed by atoms with Crippen LogP contribution in [0.5, 0.6) is 0 Å². The molecule has 1 unspecified atom stereocenters. The quantitative estimate of drug-likeness (QED) is 0.876. The van der Waals surface area contributed by atoms with Crippen molar-refractivity contribution in [3.05, 3.63) is 54.1 Å². The number of nitrogens with one attached hydrogen (secondary N) is 1. The number of hydrogen-bond acceptors (Lipinski definition) is 2. The summed E-state index contributed by atoms with van der Waals surface area (Å²) < 4.78 is 13.4. The molecule has 0 amide bonds. The Hall–Kier alpha value is -1.74. The molecule has 0 aliphatic heterocycles. The second kappa shape index (κ2) is 5.06. The van der Waals surface area contributed by atoms with Gasteiger partial charge in [0.2, 0.25) is 0 Å². The average Bonchev–Trinajstić information content (AvgIpc) is 2.39. The highest BCUT2D eigenvalue weighted by atomic mass is 19.1. The van der Waals surface area contributed by atoms with Crippen LogP contribution in [0.2, 0.25) is 0 Å². The largest absolute Gasteiger partial charge is 0.313 e. The first-order valence-electron chi connectivity index (χ1n) is 5.59. The molecule has 1 heterocycles. The molecule has 0 radical (unpaired) electrons. The van der Waals surface area contributed by atoms with Crippen molar-refractivity contribution in [2.45, 2.75) is 13.0 Å². The number of aromatic nitrogens is 1. The van der Waals surface area contributed by atoms with E-state index in [4.69, 9.17) is 0 Å². The van der Waals surface area contributed by atoms with Crippen molar-refractivity contribution in [1.82, 2.24) is 10.3 Å². The molecular weight excluding hydrogens is 215 g/mol. The lowest BCUT2D eigenvalue weighted by Gasteiger charge is -2.16. The first-order valence-corrected chi connectivity index (χ1v) is 5.59. The van der Waals surface area contributed by atoms with E-state index < -0.39 is 0 Å². The van der Waals surface area contributed by atoms with Crippen LogP contribution in [0.4, 0.5) is 4.39 Å². The van der Waals surface area contributed by atoms with Gasteiger partial charge in [0.05, 0.1) is 0 Å². The van der Waals surface area contributed by atoms with Crippen LogP contribution in [-0.2, 0) is 0 Å². The fourth-order valence-electron chi connectivity index (χ4n) is 1.83.